The van der Waals surface area contributed by atoms with Gasteiger partial charge in [-0.1, -0.05) is 32.1 Å². The van der Waals surface area contributed by atoms with Crippen molar-refractivity contribution in [1.29, 1.82) is 0 Å². The van der Waals surface area contributed by atoms with Crippen molar-refractivity contribution in [3.05, 3.63) is 0 Å². The molecule has 7 heteroatoms. The summed E-state index contributed by atoms with van der Waals surface area (Å²) in [6.45, 7) is 1.07. The zero-order valence-corrected chi connectivity index (χ0v) is 14.1. The number of hydrogen-bond donors (Lipinski definition) is 3. The van der Waals surface area contributed by atoms with E-state index in [2.05, 4.69) is 5.32 Å². The van der Waals surface area contributed by atoms with E-state index in [9.17, 15) is 13.2 Å². The summed E-state index contributed by atoms with van der Waals surface area (Å²) in [7, 11) is 0. The maximum Gasteiger partial charge on any atom is 0.490 e. The Morgan fingerprint density at radius 1 is 1.04 bits per heavy atom. The maximum absolute atomic E-state index is 10.6. The van der Waals surface area contributed by atoms with Gasteiger partial charge in [-0.05, 0) is 43.9 Å². The van der Waals surface area contributed by atoms with Crippen LogP contribution in [-0.2, 0) is 4.79 Å². The number of carboxylic acid groups (broad SMARTS) is 1. The Balaban J connectivity index is 0.000000256. The summed E-state index contributed by atoms with van der Waals surface area (Å²) >= 11 is 0. The SMILES string of the molecule is NC1(CNC2CCC23CCCC3)CCCCC1.O=C(O)C(F)(F)F. The van der Waals surface area contributed by atoms with E-state index in [0.29, 0.717) is 5.41 Å². The van der Waals surface area contributed by atoms with Crippen molar-refractivity contribution < 1.29 is 23.1 Å². The molecule has 0 heterocycles. The highest BCUT2D eigenvalue weighted by Crippen LogP contribution is 2.53. The van der Waals surface area contributed by atoms with E-state index in [1.807, 2.05) is 0 Å². The molecule has 0 aliphatic heterocycles. The largest absolute Gasteiger partial charge is 0.490 e. The highest BCUT2D eigenvalue weighted by atomic mass is 19.4. The third-order valence-electron chi connectivity index (χ3n) is 6.06. The summed E-state index contributed by atoms with van der Waals surface area (Å²) in [5, 5.41) is 11.0. The van der Waals surface area contributed by atoms with Gasteiger partial charge in [0, 0.05) is 18.1 Å². The molecule has 0 amide bonds. The second kappa shape index (κ2) is 7.60. The van der Waals surface area contributed by atoms with Gasteiger partial charge in [0.25, 0.3) is 0 Å². The van der Waals surface area contributed by atoms with Crippen LogP contribution < -0.4 is 11.1 Å². The normalized spacial score (nSPS) is 27.9. The summed E-state index contributed by atoms with van der Waals surface area (Å²) in [5.41, 5.74) is 7.33. The highest BCUT2D eigenvalue weighted by Gasteiger charge is 2.48. The molecule has 3 aliphatic carbocycles. The smallest absolute Gasteiger partial charge is 0.475 e. The number of alkyl halides is 3. The Morgan fingerprint density at radius 3 is 1.96 bits per heavy atom. The second-order valence-electron chi connectivity index (χ2n) is 7.77. The third kappa shape index (κ3) is 4.85. The molecule has 1 spiro atoms. The monoisotopic (exact) mass is 350 g/mol. The van der Waals surface area contributed by atoms with Crippen LogP contribution in [0.15, 0.2) is 0 Å². The predicted molar refractivity (Wildman–Crippen MR) is 85.6 cm³/mol. The number of nitrogens with two attached hydrogens (primary N) is 1. The van der Waals surface area contributed by atoms with Crippen molar-refractivity contribution in [3.63, 3.8) is 0 Å². The van der Waals surface area contributed by atoms with E-state index < -0.39 is 12.1 Å². The zero-order valence-electron chi connectivity index (χ0n) is 14.1. The van der Waals surface area contributed by atoms with E-state index >= 15 is 0 Å². The molecule has 1 atom stereocenters. The number of aliphatic carboxylic acids is 1. The van der Waals surface area contributed by atoms with Gasteiger partial charge >= 0.3 is 12.1 Å². The first kappa shape index (κ1) is 19.5. The number of rotatable bonds is 3. The predicted octanol–water partition coefficient (Wildman–Crippen LogP) is 3.59. The lowest BCUT2D eigenvalue weighted by atomic mass is 9.63. The van der Waals surface area contributed by atoms with E-state index in [1.165, 1.54) is 70.6 Å². The first-order valence-corrected chi connectivity index (χ1v) is 8.99. The van der Waals surface area contributed by atoms with Crippen LogP contribution in [0.4, 0.5) is 13.2 Å². The second-order valence-corrected chi connectivity index (χ2v) is 7.77. The topological polar surface area (TPSA) is 75.3 Å². The van der Waals surface area contributed by atoms with Crippen LogP contribution in [0.2, 0.25) is 0 Å². The van der Waals surface area contributed by atoms with Gasteiger partial charge in [-0.2, -0.15) is 13.2 Å². The van der Waals surface area contributed by atoms with Crippen LogP contribution in [0.25, 0.3) is 0 Å². The van der Waals surface area contributed by atoms with Gasteiger partial charge < -0.3 is 16.2 Å². The number of carboxylic acids is 1. The maximum atomic E-state index is 10.6. The van der Waals surface area contributed by atoms with Crippen molar-refractivity contribution in [2.24, 2.45) is 11.1 Å². The summed E-state index contributed by atoms with van der Waals surface area (Å²) in [6, 6.07) is 0.798. The first-order valence-electron chi connectivity index (χ1n) is 8.99. The molecule has 0 aromatic rings. The van der Waals surface area contributed by atoms with Crippen molar-refractivity contribution >= 4 is 5.97 Å². The number of halogens is 3. The van der Waals surface area contributed by atoms with Gasteiger partial charge in [-0.3, -0.25) is 0 Å². The molecule has 3 fully saturated rings. The molecule has 0 aromatic carbocycles. The Hall–Kier alpha value is -0.820. The summed E-state index contributed by atoms with van der Waals surface area (Å²) in [5.74, 6) is -2.76. The lowest BCUT2D eigenvalue weighted by molar-refractivity contribution is -0.192. The standard InChI is InChI=1S/C15H28N2.C2HF3O2/c16-15(9-2-1-3-10-15)12-17-13-6-11-14(13)7-4-5-8-14;3-2(4,5)1(6)7/h13,17H,1-12,16H2;(H,6,7). The van der Waals surface area contributed by atoms with Crippen LogP contribution in [0.3, 0.4) is 0 Å². The number of nitrogens with one attached hydrogen (secondary N) is 1. The Bertz CT molecular complexity index is 428. The van der Waals surface area contributed by atoms with Crippen LogP contribution >= 0.6 is 0 Å². The Labute approximate surface area is 141 Å². The summed E-state index contributed by atoms with van der Waals surface area (Å²) in [6.07, 6.45) is 10.2. The average molecular weight is 350 g/mol. The Morgan fingerprint density at radius 2 is 1.54 bits per heavy atom. The number of carbonyl (C=O) groups is 1. The summed E-state index contributed by atoms with van der Waals surface area (Å²) < 4.78 is 31.7. The lowest BCUT2D eigenvalue weighted by Gasteiger charge is -2.49. The van der Waals surface area contributed by atoms with Gasteiger partial charge in [0.1, 0.15) is 0 Å². The first-order chi connectivity index (χ1) is 11.2. The van der Waals surface area contributed by atoms with Crippen molar-refractivity contribution in [2.75, 3.05) is 6.54 Å². The lowest BCUT2D eigenvalue weighted by Crippen LogP contribution is -2.58. The molecule has 3 aliphatic rings. The van der Waals surface area contributed by atoms with E-state index in [0.717, 1.165) is 12.6 Å². The highest BCUT2D eigenvalue weighted by molar-refractivity contribution is 5.73. The van der Waals surface area contributed by atoms with Gasteiger partial charge in [0.05, 0.1) is 0 Å². The fourth-order valence-electron chi connectivity index (χ4n) is 4.45. The fourth-order valence-corrected chi connectivity index (χ4v) is 4.45. The van der Waals surface area contributed by atoms with Crippen molar-refractivity contribution in [2.45, 2.75) is 88.4 Å². The molecule has 3 saturated carbocycles. The van der Waals surface area contributed by atoms with E-state index in [-0.39, 0.29) is 5.54 Å². The molecule has 140 valence electrons. The van der Waals surface area contributed by atoms with Gasteiger partial charge in [-0.15, -0.1) is 0 Å². The molecular formula is C17H29F3N2O2. The molecule has 0 bridgehead atoms. The third-order valence-corrected chi connectivity index (χ3v) is 6.06. The van der Waals surface area contributed by atoms with Crippen LogP contribution in [-0.4, -0.2) is 35.4 Å². The minimum atomic E-state index is -5.08. The molecule has 24 heavy (non-hydrogen) atoms. The molecule has 0 radical (unpaired) electrons. The molecule has 0 aromatic heterocycles. The molecule has 1 unspecified atom stereocenters. The molecule has 4 nitrogen and oxygen atoms in total. The fraction of sp³-hybridized carbons (Fsp3) is 0.941. The van der Waals surface area contributed by atoms with Crippen LogP contribution in [0.1, 0.15) is 70.6 Å². The Kier molecular flexibility index (Phi) is 6.18. The van der Waals surface area contributed by atoms with E-state index in [1.54, 1.807) is 0 Å². The van der Waals surface area contributed by atoms with Gasteiger partial charge in [0.2, 0.25) is 0 Å². The average Bonchev–Trinajstić information content (AvgIpc) is 2.98. The van der Waals surface area contributed by atoms with Crippen molar-refractivity contribution in [1.82, 2.24) is 5.32 Å². The van der Waals surface area contributed by atoms with Gasteiger partial charge in [-0.25, -0.2) is 4.79 Å². The van der Waals surface area contributed by atoms with Crippen LogP contribution in [0, 0.1) is 5.41 Å². The zero-order chi connectivity index (χ0) is 17.8. The summed E-state index contributed by atoms with van der Waals surface area (Å²) in [4.78, 5) is 8.90. The molecule has 4 N–H and O–H groups in total. The van der Waals surface area contributed by atoms with Gasteiger partial charge in [0.15, 0.2) is 0 Å². The van der Waals surface area contributed by atoms with Crippen molar-refractivity contribution in [3.8, 4) is 0 Å². The molecule has 0 saturated heterocycles. The minimum absolute atomic E-state index is 0.119. The number of hydrogen-bond acceptors (Lipinski definition) is 3. The quantitative estimate of drug-likeness (QED) is 0.727. The van der Waals surface area contributed by atoms with Crippen LogP contribution in [0.5, 0.6) is 0 Å². The molecular weight excluding hydrogens is 321 g/mol. The molecule has 3 rings (SSSR count). The van der Waals surface area contributed by atoms with E-state index in [4.69, 9.17) is 15.6 Å². The minimum Gasteiger partial charge on any atom is -0.475 e.